The summed E-state index contributed by atoms with van der Waals surface area (Å²) in [6, 6.07) is 6.09. The summed E-state index contributed by atoms with van der Waals surface area (Å²) in [4.78, 5) is 1.22. The average molecular weight is 230 g/mol. The van der Waals surface area contributed by atoms with Gasteiger partial charge in [0.05, 0.1) is 5.02 Å². The van der Waals surface area contributed by atoms with Gasteiger partial charge in [0.1, 0.15) is 0 Å². The van der Waals surface area contributed by atoms with Crippen molar-refractivity contribution in [2.24, 2.45) is 0 Å². The summed E-state index contributed by atoms with van der Waals surface area (Å²) in [6.45, 7) is 6.14. The van der Waals surface area contributed by atoms with Crippen LogP contribution in [0.15, 0.2) is 23.1 Å². The monoisotopic (exact) mass is 229 g/mol. The number of hydrogen-bond donors (Lipinski definition) is 1. The molecule has 0 bridgehead atoms. The normalized spacial score (nSPS) is 10.5. The van der Waals surface area contributed by atoms with Crippen LogP contribution in [0, 0.1) is 0 Å². The molecular weight excluding hydrogens is 214 g/mol. The molecule has 0 heterocycles. The SMILES string of the molecule is CCNCc1cccc(Cl)c1SCC. The fourth-order valence-electron chi connectivity index (χ4n) is 1.26. The molecule has 0 unspecified atom stereocenters. The number of halogens is 1. The molecule has 0 radical (unpaired) electrons. The number of benzene rings is 1. The van der Waals surface area contributed by atoms with Gasteiger partial charge >= 0.3 is 0 Å². The van der Waals surface area contributed by atoms with E-state index in [9.17, 15) is 0 Å². The molecule has 0 spiro atoms. The summed E-state index contributed by atoms with van der Waals surface area (Å²) in [5.74, 6) is 1.06. The second-order valence-electron chi connectivity index (χ2n) is 2.94. The summed E-state index contributed by atoms with van der Waals surface area (Å²) in [5, 5.41) is 4.19. The molecule has 3 heteroatoms. The molecule has 0 amide bonds. The molecular formula is C11H16ClNS. The van der Waals surface area contributed by atoms with Gasteiger partial charge in [-0.15, -0.1) is 11.8 Å². The van der Waals surface area contributed by atoms with Gasteiger partial charge < -0.3 is 5.32 Å². The Morgan fingerprint density at radius 1 is 1.36 bits per heavy atom. The van der Waals surface area contributed by atoms with E-state index in [1.165, 1.54) is 10.5 Å². The molecule has 0 atom stereocenters. The molecule has 1 aromatic carbocycles. The molecule has 0 aliphatic carbocycles. The first-order chi connectivity index (χ1) is 6.79. The van der Waals surface area contributed by atoms with Crippen LogP contribution in [0.5, 0.6) is 0 Å². The van der Waals surface area contributed by atoms with E-state index in [-0.39, 0.29) is 0 Å². The van der Waals surface area contributed by atoms with Crippen LogP contribution in [0.1, 0.15) is 19.4 Å². The zero-order chi connectivity index (χ0) is 10.4. The van der Waals surface area contributed by atoms with E-state index in [1.807, 2.05) is 23.9 Å². The van der Waals surface area contributed by atoms with Gasteiger partial charge in [-0.05, 0) is 23.9 Å². The van der Waals surface area contributed by atoms with Gasteiger partial charge in [-0.1, -0.05) is 37.6 Å². The number of thioether (sulfide) groups is 1. The Morgan fingerprint density at radius 3 is 2.79 bits per heavy atom. The maximum Gasteiger partial charge on any atom is 0.0545 e. The minimum absolute atomic E-state index is 0.868. The van der Waals surface area contributed by atoms with E-state index in [0.717, 1.165) is 23.9 Å². The van der Waals surface area contributed by atoms with Crippen molar-refractivity contribution in [3.63, 3.8) is 0 Å². The number of rotatable bonds is 5. The van der Waals surface area contributed by atoms with Crippen molar-refractivity contribution >= 4 is 23.4 Å². The molecule has 1 rings (SSSR count). The van der Waals surface area contributed by atoms with E-state index in [1.54, 1.807) is 0 Å². The van der Waals surface area contributed by atoms with E-state index in [0.29, 0.717) is 0 Å². The highest BCUT2D eigenvalue weighted by molar-refractivity contribution is 7.99. The maximum atomic E-state index is 6.14. The standard InChI is InChI=1S/C11H16ClNS/c1-3-13-8-9-6-5-7-10(12)11(9)14-4-2/h5-7,13H,3-4,8H2,1-2H3. The van der Waals surface area contributed by atoms with Gasteiger partial charge in [-0.2, -0.15) is 0 Å². The fraction of sp³-hybridized carbons (Fsp3) is 0.455. The van der Waals surface area contributed by atoms with Crippen molar-refractivity contribution in [1.29, 1.82) is 0 Å². The zero-order valence-electron chi connectivity index (χ0n) is 8.64. The third-order valence-electron chi connectivity index (χ3n) is 1.90. The van der Waals surface area contributed by atoms with Crippen LogP contribution in [-0.2, 0) is 6.54 Å². The molecule has 14 heavy (non-hydrogen) atoms. The van der Waals surface area contributed by atoms with Gasteiger partial charge in [0.25, 0.3) is 0 Å². The van der Waals surface area contributed by atoms with Crippen LogP contribution in [0.4, 0.5) is 0 Å². The Kier molecular flexibility index (Phi) is 5.38. The molecule has 0 saturated heterocycles. The van der Waals surface area contributed by atoms with Crippen LogP contribution in [-0.4, -0.2) is 12.3 Å². The molecule has 0 aromatic heterocycles. The van der Waals surface area contributed by atoms with Crippen molar-refractivity contribution in [3.05, 3.63) is 28.8 Å². The molecule has 78 valence electrons. The van der Waals surface area contributed by atoms with Crippen molar-refractivity contribution in [1.82, 2.24) is 5.32 Å². The van der Waals surface area contributed by atoms with E-state index >= 15 is 0 Å². The van der Waals surface area contributed by atoms with Crippen molar-refractivity contribution < 1.29 is 0 Å². The van der Waals surface area contributed by atoms with E-state index in [2.05, 4.69) is 25.2 Å². The van der Waals surface area contributed by atoms with Crippen molar-refractivity contribution in [3.8, 4) is 0 Å². The van der Waals surface area contributed by atoms with Crippen molar-refractivity contribution in [2.75, 3.05) is 12.3 Å². The lowest BCUT2D eigenvalue weighted by atomic mass is 10.2. The highest BCUT2D eigenvalue weighted by atomic mass is 35.5. The predicted octanol–water partition coefficient (Wildman–Crippen LogP) is 3.56. The fourth-order valence-corrected chi connectivity index (χ4v) is 2.44. The number of hydrogen-bond acceptors (Lipinski definition) is 2. The summed E-state index contributed by atoms with van der Waals surface area (Å²) in [7, 11) is 0. The lowest BCUT2D eigenvalue weighted by Gasteiger charge is -2.10. The Morgan fingerprint density at radius 2 is 2.14 bits per heavy atom. The van der Waals surface area contributed by atoms with Crippen LogP contribution in [0.2, 0.25) is 5.02 Å². The molecule has 1 nitrogen and oxygen atoms in total. The lowest BCUT2D eigenvalue weighted by Crippen LogP contribution is -2.12. The molecule has 0 fully saturated rings. The zero-order valence-corrected chi connectivity index (χ0v) is 10.2. The first kappa shape index (κ1) is 11.9. The minimum atomic E-state index is 0.868. The van der Waals surface area contributed by atoms with Crippen LogP contribution < -0.4 is 5.32 Å². The lowest BCUT2D eigenvalue weighted by molar-refractivity contribution is 0.718. The Balaban J connectivity index is 2.83. The molecule has 0 saturated carbocycles. The topological polar surface area (TPSA) is 12.0 Å². The van der Waals surface area contributed by atoms with Gasteiger partial charge in [0, 0.05) is 11.4 Å². The highest BCUT2D eigenvalue weighted by Gasteiger charge is 2.05. The Hall–Kier alpha value is -0.180. The Bertz CT molecular complexity index is 289. The first-order valence-corrected chi connectivity index (χ1v) is 6.26. The largest absolute Gasteiger partial charge is 0.313 e. The molecule has 0 aliphatic heterocycles. The Labute approximate surface area is 95.2 Å². The third kappa shape index (κ3) is 3.19. The summed E-state index contributed by atoms with van der Waals surface area (Å²) in [6.07, 6.45) is 0. The quantitative estimate of drug-likeness (QED) is 0.775. The number of nitrogens with one attached hydrogen (secondary N) is 1. The van der Waals surface area contributed by atoms with E-state index < -0.39 is 0 Å². The van der Waals surface area contributed by atoms with Gasteiger partial charge in [-0.25, -0.2) is 0 Å². The van der Waals surface area contributed by atoms with Crippen LogP contribution in [0.25, 0.3) is 0 Å². The second kappa shape index (κ2) is 6.33. The maximum absolute atomic E-state index is 6.14. The first-order valence-electron chi connectivity index (χ1n) is 4.90. The third-order valence-corrected chi connectivity index (χ3v) is 3.39. The van der Waals surface area contributed by atoms with Gasteiger partial charge in [0.15, 0.2) is 0 Å². The predicted molar refractivity (Wildman–Crippen MR) is 65.2 cm³/mol. The molecule has 1 aromatic rings. The summed E-state index contributed by atoms with van der Waals surface area (Å²) < 4.78 is 0. The molecule has 1 N–H and O–H groups in total. The van der Waals surface area contributed by atoms with Crippen molar-refractivity contribution in [2.45, 2.75) is 25.3 Å². The smallest absolute Gasteiger partial charge is 0.0545 e. The molecule has 0 aliphatic rings. The van der Waals surface area contributed by atoms with Crippen LogP contribution in [0.3, 0.4) is 0 Å². The van der Waals surface area contributed by atoms with Gasteiger partial charge in [0.2, 0.25) is 0 Å². The minimum Gasteiger partial charge on any atom is -0.313 e. The summed E-state index contributed by atoms with van der Waals surface area (Å²) in [5.41, 5.74) is 1.30. The second-order valence-corrected chi connectivity index (χ2v) is 4.62. The average Bonchev–Trinajstić information content (AvgIpc) is 2.19. The highest BCUT2D eigenvalue weighted by Crippen LogP contribution is 2.30. The van der Waals surface area contributed by atoms with Gasteiger partial charge in [-0.3, -0.25) is 0 Å². The van der Waals surface area contributed by atoms with E-state index in [4.69, 9.17) is 11.6 Å². The summed E-state index contributed by atoms with van der Waals surface area (Å²) >= 11 is 7.95. The van der Waals surface area contributed by atoms with Crippen LogP contribution >= 0.6 is 23.4 Å².